The van der Waals surface area contributed by atoms with Crippen molar-refractivity contribution in [3.8, 4) is 11.5 Å². The summed E-state index contributed by atoms with van der Waals surface area (Å²) in [6.07, 6.45) is 5.28. The van der Waals surface area contributed by atoms with Gasteiger partial charge in [0.2, 0.25) is 0 Å². The summed E-state index contributed by atoms with van der Waals surface area (Å²) >= 11 is 12.1. The van der Waals surface area contributed by atoms with Gasteiger partial charge in [-0.3, -0.25) is 39.3 Å². The van der Waals surface area contributed by atoms with Gasteiger partial charge in [0.1, 0.15) is 11.5 Å². The number of nitrogens with zero attached hydrogens (tertiary/aromatic N) is 2. The summed E-state index contributed by atoms with van der Waals surface area (Å²) in [5.74, 6) is -0.560. The molecule has 0 bridgehead atoms. The van der Waals surface area contributed by atoms with E-state index in [9.17, 15) is 31.6 Å². The Bertz CT molecular complexity index is 2760. The number of ketones is 2. The Balaban J connectivity index is 0.000000308. The van der Waals surface area contributed by atoms with Crippen molar-refractivity contribution in [2.75, 3.05) is 9.44 Å². The highest BCUT2D eigenvalue weighted by atomic mass is 35.5. The number of hydrogen-bond acceptors (Lipinski definition) is 13. The lowest BCUT2D eigenvalue weighted by atomic mass is 10.0. The summed E-state index contributed by atoms with van der Waals surface area (Å²) in [5.41, 5.74) is 1.02. The molecule has 0 saturated heterocycles. The summed E-state index contributed by atoms with van der Waals surface area (Å²) in [6, 6.07) is 26.5. The Morgan fingerprint density at radius 2 is 0.954 bits per heavy atom. The third-order valence-corrected chi connectivity index (χ3v) is 11.2. The second-order valence-corrected chi connectivity index (χ2v) is 18.0. The minimum absolute atomic E-state index is 0.0130. The summed E-state index contributed by atoms with van der Waals surface area (Å²) in [5, 5.41) is 31.2. The molecule has 0 spiro atoms. The lowest BCUT2D eigenvalue weighted by Gasteiger charge is -2.14. The highest BCUT2D eigenvalue weighted by molar-refractivity contribution is 7.93. The zero-order valence-electron chi connectivity index (χ0n) is 35.2. The van der Waals surface area contributed by atoms with Crippen LogP contribution in [0.4, 0.5) is 11.4 Å². The van der Waals surface area contributed by atoms with Crippen LogP contribution in [0.1, 0.15) is 66.5 Å². The molecule has 6 rings (SSSR count). The van der Waals surface area contributed by atoms with Crippen LogP contribution >= 0.6 is 23.2 Å². The number of halogens is 2. The highest BCUT2D eigenvalue weighted by Crippen LogP contribution is 2.29. The van der Waals surface area contributed by atoms with E-state index in [0.717, 1.165) is 6.92 Å². The van der Waals surface area contributed by atoms with Gasteiger partial charge >= 0.3 is 0 Å². The normalized spacial score (nSPS) is 10.8. The van der Waals surface area contributed by atoms with Gasteiger partial charge in [0.25, 0.3) is 26.0 Å². The van der Waals surface area contributed by atoms with Crippen LogP contribution < -0.4 is 23.6 Å². The lowest BCUT2D eigenvalue weighted by molar-refractivity contribution is -0.605. The maximum atomic E-state index is 12.9. The van der Waals surface area contributed by atoms with Crippen LogP contribution in [-0.4, -0.2) is 67.2 Å². The first-order valence-corrected chi connectivity index (χ1v) is 22.6. The smallest absolute Gasteiger partial charge is 0.300 e. The number of carbonyl (C=O) groups is 3. The summed E-state index contributed by atoms with van der Waals surface area (Å²) < 4.78 is 67.8. The number of carboxylic acid groups (broad SMARTS) is 1. The number of pyridine rings is 2. The maximum Gasteiger partial charge on any atom is 0.300 e. The van der Waals surface area contributed by atoms with Crippen LogP contribution in [0.2, 0.25) is 10.0 Å². The van der Waals surface area contributed by atoms with Crippen LogP contribution in [0.25, 0.3) is 0 Å². The average molecular weight is 972 g/mol. The first-order valence-electron chi connectivity index (χ1n) is 18.9. The number of carbonyl (C=O) groups excluding carboxylic acids is 2. The van der Waals surface area contributed by atoms with Crippen molar-refractivity contribution in [2.45, 2.75) is 56.6 Å². The van der Waals surface area contributed by atoms with E-state index in [1.807, 2.05) is 27.7 Å². The van der Waals surface area contributed by atoms with Crippen molar-refractivity contribution in [1.82, 2.24) is 4.98 Å². The fraction of sp³-hybridized carbons (Fsp3) is 0.159. The number of anilines is 2. The molecule has 0 radical (unpaired) electrons. The second-order valence-electron chi connectivity index (χ2n) is 13.7. The molecular weight excluding hydrogens is 928 g/mol. The van der Waals surface area contributed by atoms with Crippen LogP contribution in [0, 0.1) is 5.21 Å². The van der Waals surface area contributed by atoms with Crippen molar-refractivity contribution in [3.05, 3.63) is 171 Å². The highest BCUT2D eigenvalue weighted by Gasteiger charge is 2.22. The predicted molar refractivity (Wildman–Crippen MR) is 244 cm³/mol. The van der Waals surface area contributed by atoms with E-state index >= 15 is 0 Å². The number of aliphatic carboxylic acids is 1. The zero-order chi connectivity index (χ0) is 48.5. The van der Waals surface area contributed by atoms with Gasteiger partial charge in [0.15, 0.2) is 24.0 Å². The number of sulfonamides is 2. The average Bonchev–Trinajstić information content (AvgIpc) is 3.25. The largest absolute Gasteiger partial charge is 0.619 e. The second kappa shape index (κ2) is 24.5. The Hall–Kier alpha value is -6.61. The van der Waals surface area contributed by atoms with E-state index in [2.05, 4.69) is 14.4 Å². The molecule has 4 aromatic carbocycles. The summed E-state index contributed by atoms with van der Waals surface area (Å²) in [4.78, 5) is 38.7. The number of nitrogens with one attached hydrogen (secondary N) is 2. The number of carboxylic acids is 1. The van der Waals surface area contributed by atoms with Crippen molar-refractivity contribution in [2.24, 2.45) is 0 Å². The zero-order valence-corrected chi connectivity index (χ0v) is 38.4. The van der Waals surface area contributed by atoms with Crippen LogP contribution in [0.15, 0.2) is 144 Å². The van der Waals surface area contributed by atoms with Gasteiger partial charge in [0, 0.05) is 63.7 Å². The topological polar surface area (TPSA) is 263 Å². The first-order chi connectivity index (χ1) is 30.6. The molecule has 65 heavy (non-hydrogen) atoms. The molecule has 5 N–H and O–H groups in total. The van der Waals surface area contributed by atoms with E-state index in [-0.39, 0.29) is 60.9 Å². The minimum atomic E-state index is -3.97. The third-order valence-electron chi connectivity index (χ3n) is 7.96. The number of ether oxygens (including phenoxy) is 2. The molecule has 0 atom stereocenters. The molecule has 2 heterocycles. The van der Waals surface area contributed by atoms with Gasteiger partial charge < -0.3 is 19.8 Å². The fourth-order valence-corrected chi connectivity index (χ4v) is 7.82. The summed E-state index contributed by atoms with van der Waals surface area (Å²) in [7, 11) is -7.89. The minimum Gasteiger partial charge on any atom is -0.619 e. The molecule has 17 nitrogen and oxygen atoms in total. The number of hydrogen-bond donors (Lipinski definition) is 5. The Morgan fingerprint density at radius 3 is 1.29 bits per heavy atom. The monoisotopic (exact) mass is 970 g/mol. The van der Waals surface area contributed by atoms with Gasteiger partial charge in [-0.1, -0.05) is 23.2 Å². The van der Waals surface area contributed by atoms with Gasteiger partial charge in [-0.05, 0) is 125 Å². The number of benzene rings is 4. The molecule has 344 valence electrons. The molecular formula is C44H44Cl2N4O13S2. The number of rotatable bonds is 14. The van der Waals surface area contributed by atoms with Gasteiger partial charge in [-0.25, -0.2) is 16.8 Å². The molecule has 0 aliphatic heterocycles. The van der Waals surface area contributed by atoms with E-state index in [0.29, 0.717) is 26.8 Å². The standard InChI is InChI=1S/C21H19ClN2O5S.C21H19ClN2O4S.C2H4O2.H2O2/c1-14(2)29-17-4-6-18(7-5-17)30(27,28)23-20-8-3-16(22)13-19(20)21(25)15-9-11-24(26)12-10-15;1-14(2)28-17-4-6-18(7-5-17)29(26,27)24-20-8-3-16(22)13-19(20)21(25)15-9-11-23-12-10-15;1-2(3)4;1-2/h3-14,23H,1-2H3;3-14,24H,1-2H3;1H3,(H,3,4);1-2H. The Labute approximate surface area is 385 Å². The molecule has 0 amide bonds. The molecule has 21 heteroatoms. The van der Waals surface area contributed by atoms with Crippen molar-refractivity contribution < 1.29 is 61.0 Å². The van der Waals surface area contributed by atoms with Gasteiger partial charge in [-0.2, -0.15) is 4.73 Å². The molecule has 0 fully saturated rings. The van der Waals surface area contributed by atoms with E-state index in [1.54, 1.807) is 36.4 Å². The Morgan fingerprint density at radius 1 is 0.615 bits per heavy atom. The van der Waals surface area contributed by atoms with E-state index in [4.69, 9.17) is 53.1 Å². The summed E-state index contributed by atoms with van der Waals surface area (Å²) in [6.45, 7) is 8.59. The molecule has 6 aromatic rings. The fourth-order valence-electron chi connectivity index (χ4n) is 5.31. The first kappa shape index (κ1) is 52.7. The molecule has 2 aromatic heterocycles. The molecule has 0 aliphatic carbocycles. The molecule has 0 saturated carbocycles. The maximum absolute atomic E-state index is 12.9. The van der Waals surface area contributed by atoms with E-state index in [1.165, 1.54) is 97.6 Å². The van der Waals surface area contributed by atoms with E-state index < -0.39 is 31.8 Å². The van der Waals surface area contributed by atoms with Crippen LogP contribution in [0.5, 0.6) is 11.5 Å². The van der Waals surface area contributed by atoms with Gasteiger partial charge in [0.05, 0.1) is 33.4 Å². The van der Waals surface area contributed by atoms with Crippen molar-refractivity contribution in [3.63, 3.8) is 0 Å². The molecule has 0 unspecified atom stereocenters. The molecule has 0 aliphatic rings. The van der Waals surface area contributed by atoms with Crippen molar-refractivity contribution >= 4 is 72.2 Å². The van der Waals surface area contributed by atoms with Gasteiger partial charge in [-0.15, -0.1) is 0 Å². The van der Waals surface area contributed by atoms with Crippen LogP contribution in [0.3, 0.4) is 0 Å². The predicted octanol–water partition coefficient (Wildman–Crippen LogP) is 8.45. The lowest BCUT2D eigenvalue weighted by Crippen LogP contribution is -2.24. The number of aromatic nitrogens is 2. The SMILES string of the molecule is CC(=O)O.CC(C)Oc1ccc(S(=O)(=O)Nc2ccc(Cl)cc2C(=O)c2cc[n+]([O-])cc2)cc1.CC(C)Oc1ccc(S(=O)(=O)Nc2ccc(Cl)cc2C(=O)c2ccncc2)cc1.OO. The van der Waals surface area contributed by atoms with Crippen molar-refractivity contribution in [1.29, 1.82) is 0 Å². The Kier molecular flexibility index (Phi) is 19.8. The quantitative estimate of drug-likeness (QED) is 0.0226. The van der Waals surface area contributed by atoms with Crippen LogP contribution in [-0.2, 0) is 24.8 Å². The third kappa shape index (κ3) is 16.5.